The van der Waals surface area contributed by atoms with Crippen LogP contribution in [0, 0.1) is 0 Å². The van der Waals surface area contributed by atoms with E-state index >= 15 is 0 Å². The Bertz CT molecular complexity index is 660. The summed E-state index contributed by atoms with van der Waals surface area (Å²) < 4.78 is 0. The second-order valence-electron chi connectivity index (χ2n) is 4.45. The lowest BCUT2D eigenvalue weighted by Gasteiger charge is -2.11. The number of imide groups is 1. The Morgan fingerprint density at radius 3 is 2.76 bits per heavy atom. The van der Waals surface area contributed by atoms with Crippen LogP contribution in [0.15, 0.2) is 41.4 Å². The van der Waals surface area contributed by atoms with Crippen LogP contribution in [0.2, 0.25) is 0 Å². The van der Waals surface area contributed by atoms with Crippen LogP contribution < -0.4 is 10.6 Å². The Morgan fingerprint density at radius 2 is 2.00 bits per heavy atom. The third-order valence-corrected chi connectivity index (χ3v) is 3.85. The van der Waals surface area contributed by atoms with E-state index in [2.05, 4.69) is 15.6 Å². The van der Waals surface area contributed by atoms with Crippen LogP contribution in [0.25, 0.3) is 10.9 Å². The molecule has 2 aromatic rings. The largest absolute Gasteiger partial charge is 0.338 e. The predicted molar refractivity (Wildman–Crippen MR) is 84.3 cm³/mol. The Kier molecular flexibility index (Phi) is 5.16. The maximum absolute atomic E-state index is 11.9. The van der Waals surface area contributed by atoms with Gasteiger partial charge in [0.05, 0.1) is 15.8 Å². The molecular formula is C15H17N3O2S. The smallest absolute Gasteiger partial charge is 0.321 e. The summed E-state index contributed by atoms with van der Waals surface area (Å²) in [5, 5.41) is 6.24. The molecule has 2 N–H and O–H groups in total. The molecule has 3 amide bonds. The van der Waals surface area contributed by atoms with E-state index in [-0.39, 0.29) is 5.91 Å². The molecule has 0 aliphatic rings. The molecule has 1 aromatic heterocycles. The Labute approximate surface area is 127 Å². The molecule has 1 atom stereocenters. The summed E-state index contributed by atoms with van der Waals surface area (Å²) >= 11 is 1.32. The number of benzene rings is 1. The number of thioether (sulfide) groups is 1. The molecule has 1 aromatic carbocycles. The molecule has 6 heteroatoms. The average molecular weight is 303 g/mol. The van der Waals surface area contributed by atoms with E-state index < -0.39 is 11.3 Å². The molecule has 0 spiro atoms. The highest BCUT2D eigenvalue weighted by Gasteiger charge is 2.17. The quantitative estimate of drug-likeness (QED) is 0.852. The number of carbonyl (C=O) groups is 2. The lowest BCUT2D eigenvalue weighted by atomic mass is 10.2. The van der Waals surface area contributed by atoms with Crippen molar-refractivity contribution in [1.29, 1.82) is 0 Å². The number of rotatable bonds is 4. The molecule has 0 bridgehead atoms. The van der Waals surface area contributed by atoms with E-state index in [1.165, 1.54) is 11.8 Å². The maximum Gasteiger partial charge on any atom is 0.321 e. The van der Waals surface area contributed by atoms with E-state index in [0.717, 1.165) is 15.9 Å². The van der Waals surface area contributed by atoms with Gasteiger partial charge in [-0.3, -0.25) is 10.1 Å². The van der Waals surface area contributed by atoms with E-state index in [0.29, 0.717) is 6.54 Å². The normalized spacial score (nSPS) is 11.9. The zero-order valence-electron chi connectivity index (χ0n) is 11.9. The van der Waals surface area contributed by atoms with E-state index in [9.17, 15) is 9.59 Å². The van der Waals surface area contributed by atoms with Crippen molar-refractivity contribution in [1.82, 2.24) is 15.6 Å². The van der Waals surface area contributed by atoms with Gasteiger partial charge in [-0.1, -0.05) is 36.0 Å². The topological polar surface area (TPSA) is 71.1 Å². The van der Waals surface area contributed by atoms with Gasteiger partial charge in [-0.05, 0) is 26.0 Å². The van der Waals surface area contributed by atoms with Crippen molar-refractivity contribution in [3.05, 3.63) is 36.4 Å². The number of pyridine rings is 1. The van der Waals surface area contributed by atoms with E-state index in [1.807, 2.05) is 36.4 Å². The molecule has 0 radical (unpaired) electrons. The number of para-hydroxylation sites is 1. The van der Waals surface area contributed by atoms with Gasteiger partial charge < -0.3 is 5.32 Å². The molecule has 21 heavy (non-hydrogen) atoms. The van der Waals surface area contributed by atoms with Crippen LogP contribution in [0.3, 0.4) is 0 Å². The number of carbonyl (C=O) groups excluding carboxylic acids is 2. The van der Waals surface area contributed by atoms with Gasteiger partial charge in [-0.2, -0.15) is 0 Å². The lowest BCUT2D eigenvalue weighted by Crippen LogP contribution is -2.42. The van der Waals surface area contributed by atoms with Gasteiger partial charge >= 0.3 is 6.03 Å². The van der Waals surface area contributed by atoms with Crippen molar-refractivity contribution >= 4 is 34.6 Å². The highest BCUT2D eigenvalue weighted by atomic mass is 32.2. The van der Waals surface area contributed by atoms with Crippen LogP contribution in [0.1, 0.15) is 13.8 Å². The molecule has 2 rings (SSSR count). The number of urea groups is 1. The number of nitrogens with zero attached hydrogens (tertiary/aromatic N) is 1. The van der Waals surface area contributed by atoms with Gasteiger partial charge in [0.1, 0.15) is 0 Å². The van der Waals surface area contributed by atoms with Gasteiger partial charge in [0.25, 0.3) is 0 Å². The monoisotopic (exact) mass is 303 g/mol. The third kappa shape index (κ3) is 4.19. The summed E-state index contributed by atoms with van der Waals surface area (Å²) in [7, 11) is 0. The molecular weight excluding hydrogens is 286 g/mol. The van der Waals surface area contributed by atoms with Crippen LogP contribution in [0.4, 0.5) is 4.79 Å². The Hall–Kier alpha value is -2.08. The van der Waals surface area contributed by atoms with Gasteiger partial charge in [0, 0.05) is 11.9 Å². The van der Waals surface area contributed by atoms with Crippen molar-refractivity contribution in [2.45, 2.75) is 24.1 Å². The molecule has 0 saturated carbocycles. The second-order valence-corrected chi connectivity index (χ2v) is 5.81. The highest BCUT2D eigenvalue weighted by molar-refractivity contribution is 8.00. The predicted octanol–water partition coefficient (Wildman–Crippen LogP) is 2.56. The number of nitrogens with one attached hydrogen (secondary N) is 2. The zero-order valence-corrected chi connectivity index (χ0v) is 12.7. The molecule has 1 heterocycles. The molecule has 0 aliphatic carbocycles. The summed E-state index contributed by atoms with van der Waals surface area (Å²) in [5.74, 6) is -0.332. The summed E-state index contributed by atoms with van der Waals surface area (Å²) in [6, 6.07) is 11.2. The highest BCUT2D eigenvalue weighted by Crippen LogP contribution is 2.23. The minimum absolute atomic E-state index is 0.332. The SMILES string of the molecule is CCNC(=O)NC(=O)C(C)Sc1ccc2ccccc2n1. The fourth-order valence-corrected chi connectivity index (χ4v) is 2.59. The second kappa shape index (κ2) is 7.08. The van der Waals surface area contributed by atoms with Gasteiger partial charge in [0.2, 0.25) is 5.91 Å². The van der Waals surface area contributed by atoms with Crippen molar-refractivity contribution in [3.63, 3.8) is 0 Å². The summed E-state index contributed by atoms with van der Waals surface area (Å²) in [5.41, 5.74) is 0.888. The molecule has 0 fully saturated rings. The van der Waals surface area contributed by atoms with Crippen molar-refractivity contribution in [2.75, 3.05) is 6.54 Å². The minimum atomic E-state index is -0.471. The molecule has 110 valence electrons. The van der Waals surface area contributed by atoms with Gasteiger partial charge in [0.15, 0.2) is 0 Å². The summed E-state index contributed by atoms with van der Waals surface area (Å²) in [6.45, 7) is 4.02. The Morgan fingerprint density at radius 1 is 1.24 bits per heavy atom. The molecule has 0 saturated heterocycles. The van der Waals surface area contributed by atoms with Crippen LogP contribution in [-0.2, 0) is 4.79 Å². The first-order valence-corrected chi connectivity index (χ1v) is 7.59. The fraction of sp³-hybridized carbons (Fsp3) is 0.267. The first-order chi connectivity index (χ1) is 10.1. The molecule has 5 nitrogen and oxygen atoms in total. The van der Waals surface area contributed by atoms with Crippen molar-refractivity contribution < 1.29 is 9.59 Å². The summed E-state index contributed by atoms with van der Waals surface area (Å²) in [4.78, 5) is 27.7. The lowest BCUT2D eigenvalue weighted by molar-refractivity contribution is -0.119. The number of fused-ring (bicyclic) bond motifs is 1. The molecule has 1 unspecified atom stereocenters. The molecule has 0 aliphatic heterocycles. The van der Waals surface area contributed by atoms with Crippen LogP contribution >= 0.6 is 11.8 Å². The zero-order chi connectivity index (χ0) is 15.2. The minimum Gasteiger partial charge on any atom is -0.338 e. The average Bonchev–Trinajstić information content (AvgIpc) is 2.47. The maximum atomic E-state index is 11.9. The fourth-order valence-electron chi connectivity index (χ4n) is 1.77. The Balaban J connectivity index is 2.01. The van der Waals surface area contributed by atoms with E-state index in [4.69, 9.17) is 0 Å². The first kappa shape index (κ1) is 15.3. The number of hydrogen-bond donors (Lipinski definition) is 2. The number of aromatic nitrogens is 1. The van der Waals surface area contributed by atoms with Crippen LogP contribution in [0.5, 0.6) is 0 Å². The van der Waals surface area contributed by atoms with E-state index in [1.54, 1.807) is 13.8 Å². The summed E-state index contributed by atoms with van der Waals surface area (Å²) in [6.07, 6.45) is 0. The number of hydrogen-bond acceptors (Lipinski definition) is 4. The third-order valence-electron chi connectivity index (χ3n) is 2.81. The van der Waals surface area contributed by atoms with Crippen molar-refractivity contribution in [3.8, 4) is 0 Å². The first-order valence-electron chi connectivity index (χ1n) is 6.71. The standard InChI is InChI=1S/C15H17N3O2S/c1-3-16-15(20)18-14(19)10(2)21-13-9-8-11-6-4-5-7-12(11)17-13/h4-10H,3H2,1-2H3,(H2,16,18,19,20). The van der Waals surface area contributed by atoms with Gasteiger partial charge in [-0.15, -0.1) is 0 Å². The van der Waals surface area contributed by atoms with Gasteiger partial charge in [-0.25, -0.2) is 9.78 Å². The van der Waals surface area contributed by atoms with Crippen molar-refractivity contribution in [2.24, 2.45) is 0 Å². The van der Waals surface area contributed by atoms with Crippen LogP contribution in [-0.4, -0.2) is 28.7 Å². The number of amides is 3.